The Morgan fingerprint density at radius 1 is 1.10 bits per heavy atom. The molecule has 0 bridgehead atoms. The average molecular weight is 279 g/mol. The van der Waals surface area contributed by atoms with E-state index in [2.05, 4.69) is 11.9 Å². The third kappa shape index (κ3) is 7.12. The molecule has 4 nitrogen and oxygen atoms in total. The first-order valence-corrected chi connectivity index (χ1v) is 7.56. The van der Waals surface area contributed by atoms with Crippen LogP contribution in [0.3, 0.4) is 0 Å². The number of aromatic nitrogens is 1. The normalized spacial score (nSPS) is 10.4. The number of carboxylic acid groups (broad SMARTS) is 1. The monoisotopic (exact) mass is 279 g/mol. The van der Waals surface area contributed by atoms with Crippen molar-refractivity contribution in [3.63, 3.8) is 0 Å². The smallest absolute Gasteiger partial charge is 0.337 e. The van der Waals surface area contributed by atoms with Crippen LogP contribution >= 0.6 is 0 Å². The molecule has 0 aliphatic rings. The van der Waals surface area contributed by atoms with E-state index in [4.69, 9.17) is 9.84 Å². The molecule has 0 spiro atoms. The van der Waals surface area contributed by atoms with Gasteiger partial charge < -0.3 is 9.84 Å². The van der Waals surface area contributed by atoms with Crippen molar-refractivity contribution >= 4 is 5.97 Å². The fraction of sp³-hybridized carbons (Fsp3) is 0.625. The van der Waals surface area contributed by atoms with Gasteiger partial charge in [0.1, 0.15) is 0 Å². The molecule has 0 saturated carbocycles. The molecule has 0 aliphatic carbocycles. The van der Waals surface area contributed by atoms with Crippen molar-refractivity contribution in [3.8, 4) is 5.88 Å². The van der Waals surface area contributed by atoms with Gasteiger partial charge >= 0.3 is 5.97 Å². The summed E-state index contributed by atoms with van der Waals surface area (Å²) in [5, 5.41) is 8.75. The number of rotatable bonds is 11. The third-order valence-electron chi connectivity index (χ3n) is 3.23. The third-order valence-corrected chi connectivity index (χ3v) is 3.23. The maximum absolute atomic E-state index is 10.7. The van der Waals surface area contributed by atoms with Crippen LogP contribution in [0, 0.1) is 0 Å². The Kier molecular flexibility index (Phi) is 8.43. The zero-order valence-corrected chi connectivity index (χ0v) is 12.3. The second kappa shape index (κ2) is 10.2. The molecule has 1 N–H and O–H groups in total. The van der Waals surface area contributed by atoms with Gasteiger partial charge in [0.15, 0.2) is 0 Å². The SMILES string of the molecule is CCCCCCCCCCOc1ccc(C(=O)O)cn1. The van der Waals surface area contributed by atoms with Gasteiger partial charge in [-0.25, -0.2) is 9.78 Å². The molecule has 0 aliphatic heterocycles. The van der Waals surface area contributed by atoms with Crippen molar-refractivity contribution in [1.82, 2.24) is 4.98 Å². The first kappa shape index (κ1) is 16.5. The van der Waals surface area contributed by atoms with Gasteiger partial charge in [0.2, 0.25) is 5.88 Å². The van der Waals surface area contributed by atoms with Crippen molar-refractivity contribution in [3.05, 3.63) is 23.9 Å². The van der Waals surface area contributed by atoms with Crippen molar-refractivity contribution in [1.29, 1.82) is 0 Å². The lowest BCUT2D eigenvalue weighted by atomic mass is 10.1. The molecule has 4 heteroatoms. The number of nitrogens with zero attached hydrogens (tertiary/aromatic N) is 1. The minimum atomic E-state index is -0.966. The van der Waals surface area contributed by atoms with E-state index >= 15 is 0 Å². The minimum absolute atomic E-state index is 0.185. The van der Waals surface area contributed by atoms with E-state index in [-0.39, 0.29) is 5.56 Å². The van der Waals surface area contributed by atoms with Crippen molar-refractivity contribution in [2.75, 3.05) is 6.61 Å². The first-order chi connectivity index (χ1) is 9.74. The molecule has 0 amide bonds. The van der Waals surface area contributed by atoms with Crippen LogP contribution in [0.5, 0.6) is 5.88 Å². The summed E-state index contributed by atoms with van der Waals surface area (Å²) in [5.74, 6) is -0.468. The van der Waals surface area contributed by atoms with Crippen LogP contribution in [0.2, 0.25) is 0 Å². The number of ether oxygens (including phenoxy) is 1. The summed E-state index contributed by atoms with van der Waals surface area (Å²) in [4.78, 5) is 14.6. The van der Waals surface area contributed by atoms with Crippen molar-refractivity contribution < 1.29 is 14.6 Å². The van der Waals surface area contributed by atoms with Crippen LogP contribution in [-0.2, 0) is 0 Å². The molecule has 0 fully saturated rings. The summed E-state index contributed by atoms with van der Waals surface area (Å²) in [6, 6.07) is 3.12. The second-order valence-corrected chi connectivity index (χ2v) is 5.01. The van der Waals surface area contributed by atoms with Crippen molar-refractivity contribution in [2.45, 2.75) is 58.3 Å². The van der Waals surface area contributed by atoms with Gasteiger partial charge in [0, 0.05) is 12.3 Å². The highest BCUT2D eigenvalue weighted by Gasteiger charge is 2.03. The number of hydrogen-bond donors (Lipinski definition) is 1. The fourth-order valence-corrected chi connectivity index (χ4v) is 2.00. The van der Waals surface area contributed by atoms with Crippen LogP contribution in [0.25, 0.3) is 0 Å². The quantitative estimate of drug-likeness (QED) is 0.613. The Morgan fingerprint density at radius 3 is 2.30 bits per heavy atom. The van der Waals surface area contributed by atoms with Gasteiger partial charge in [-0.2, -0.15) is 0 Å². The van der Waals surface area contributed by atoms with Gasteiger partial charge in [0.25, 0.3) is 0 Å². The summed E-state index contributed by atoms with van der Waals surface area (Å²) in [5.41, 5.74) is 0.185. The molecule has 1 heterocycles. The minimum Gasteiger partial charge on any atom is -0.478 e. The number of hydrogen-bond acceptors (Lipinski definition) is 3. The topological polar surface area (TPSA) is 59.4 Å². The molecular formula is C16H25NO3. The summed E-state index contributed by atoms with van der Waals surface area (Å²) in [7, 11) is 0. The zero-order chi connectivity index (χ0) is 14.6. The second-order valence-electron chi connectivity index (χ2n) is 5.01. The lowest BCUT2D eigenvalue weighted by Gasteiger charge is -2.05. The zero-order valence-electron chi connectivity index (χ0n) is 12.3. The molecule has 0 atom stereocenters. The maximum atomic E-state index is 10.7. The van der Waals surface area contributed by atoms with Gasteiger partial charge in [-0.05, 0) is 12.5 Å². The standard InChI is InChI=1S/C16H25NO3/c1-2-3-4-5-6-7-8-9-12-20-15-11-10-14(13-17-15)16(18)19/h10-11,13H,2-9,12H2,1H3,(H,18,19). The van der Waals surface area contributed by atoms with Gasteiger partial charge in [0.05, 0.1) is 12.2 Å². The molecule has 20 heavy (non-hydrogen) atoms. The number of pyridine rings is 1. The summed E-state index contributed by atoms with van der Waals surface area (Å²) < 4.78 is 5.48. The first-order valence-electron chi connectivity index (χ1n) is 7.56. The highest BCUT2D eigenvalue weighted by atomic mass is 16.5. The van der Waals surface area contributed by atoms with Crippen LogP contribution in [0.15, 0.2) is 18.3 Å². The molecule has 112 valence electrons. The predicted octanol–water partition coefficient (Wildman–Crippen LogP) is 4.30. The van der Waals surface area contributed by atoms with Crippen LogP contribution in [-0.4, -0.2) is 22.7 Å². The molecule has 0 aromatic carbocycles. The van der Waals surface area contributed by atoms with E-state index in [0.717, 1.165) is 6.42 Å². The Hall–Kier alpha value is -1.58. The Labute approximate surface area is 121 Å². The summed E-state index contributed by atoms with van der Waals surface area (Å²) in [6.07, 6.45) is 11.4. The van der Waals surface area contributed by atoms with Crippen LogP contribution in [0.4, 0.5) is 0 Å². The van der Waals surface area contributed by atoms with Gasteiger partial charge in [-0.1, -0.05) is 51.9 Å². The number of carbonyl (C=O) groups is 1. The van der Waals surface area contributed by atoms with E-state index in [1.54, 1.807) is 6.07 Å². The largest absolute Gasteiger partial charge is 0.478 e. The average Bonchev–Trinajstić information content (AvgIpc) is 2.46. The predicted molar refractivity (Wildman–Crippen MR) is 79.3 cm³/mol. The molecule has 1 rings (SSSR count). The summed E-state index contributed by atoms with van der Waals surface area (Å²) >= 11 is 0. The Bertz CT molecular complexity index is 376. The highest BCUT2D eigenvalue weighted by molar-refractivity contribution is 5.87. The van der Waals surface area contributed by atoms with Gasteiger partial charge in [-0.15, -0.1) is 0 Å². The van der Waals surface area contributed by atoms with Crippen LogP contribution < -0.4 is 4.74 Å². The number of aromatic carboxylic acids is 1. The van der Waals surface area contributed by atoms with E-state index in [1.165, 1.54) is 57.2 Å². The number of carboxylic acids is 1. The maximum Gasteiger partial charge on any atom is 0.337 e. The molecular weight excluding hydrogens is 254 g/mol. The van der Waals surface area contributed by atoms with Crippen molar-refractivity contribution in [2.24, 2.45) is 0 Å². The van der Waals surface area contributed by atoms with E-state index in [9.17, 15) is 4.79 Å². The molecule has 1 aromatic heterocycles. The van der Waals surface area contributed by atoms with E-state index in [0.29, 0.717) is 12.5 Å². The van der Waals surface area contributed by atoms with Gasteiger partial charge in [-0.3, -0.25) is 0 Å². The molecule has 0 unspecified atom stereocenters. The fourth-order valence-electron chi connectivity index (χ4n) is 2.00. The van der Waals surface area contributed by atoms with E-state index in [1.807, 2.05) is 0 Å². The van der Waals surface area contributed by atoms with E-state index < -0.39 is 5.97 Å². The highest BCUT2D eigenvalue weighted by Crippen LogP contribution is 2.10. The Balaban J connectivity index is 2.02. The molecule has 0 radical (unpaired) electrons. The molecule has 1 aromatic rings. The molecule has 0 saturated heterocycles. The lowest BCUT2D eigenvalue weighted by Crippen LogP contribution is -2.01. The summed E-state index contributed by atoms with van der Waals surface area (Å²) in [6.45, 7) is 2.88. The van der Waals surface area contributed by atoms with Crippen LogP contribution in [0.1, 0.15) is 68.6 Å². The lowest BCUT2D eigenvalue weighted by molar-refractivity contribution is 0.0696. The Morgan fingerprint density at radius 2 is 1.75 bits per heavy atom. The number of unbranched alkanes of at least 4 members (excludes halogenated alkanes) is 7.